The Morgan fingerprint density at radius 3 is 2.68 bits per heavy atom. The number of carbonyl (C=O) groups is 3. The molecule has 1 saturated carbocycles. The molecule has 3 atom stereocenters. The number of fused-ring (bicyclic) bond motifs is 1. The van der Waals surface area contributed by atoms with Crippen LogP contribution in [0.4, 0.5) is 10.5 Å². The van der Waals surface area contributed by atoms with E-state index >= 15 is 0 Å². The molecule has 1 aromatic rings. The number of urea groups is 1. The standard InChI is InChI=1S/C22H31N3O3/c1-4-5-6-11-25-21(27)18-10-8-16(13-19(18)24-22(25)28)20(26)23-17-9-7-14(2)15(3)12-17/h7,9,12,16,18-19H,4-6,8,10-11,13H2,1-3H3,(H,23,26)(H,24,28). The average Bonchev–Trinajstić information content (AvgIpc) is 2.67. The number of hydrogen-bond acceptors (Lipinski definition) is 3. The summed E-state index contributed by atoms with van der Waals surface area (Å²) in [5.41, 5.74) is 3.11. The Hall–Kier alpha value is -2.37. The molecule has 28 heavy (non-hydrogen) atoms. The average molecular weight is 386 g/mol. The van der Waals surface area contributed by atoms with E-state index in [1.54, 1.807) is 0 Å². The Labute approximate surface area is 167 Å². The Bertz CT molecular complexity index is 761. The second-order valence-electron chi connectivity index (χ2n) is 8.16. The van der Waals surface area contributed by atoms with Gasteiger partial charge in [-0.3, -0.25) is 14.5 Å². The summed E-state index contributed by atoms with van der Waals surface area (Å²) in [7, 11) is 0. The van der Waals surface area contributed by atoms with Crippen molar-refractivity contribution in [3.63, 3.8) is 0 Å². The zero-order valence-corrected chi connectivity index (χ0v) is 17.1. The Morgan fingerprint density at radius 2 is 1.96 bits per heavy atom. The number of nitrogens with zero attached hydrogens (tertiary/aromatic N) is 1. The van der Waals surface area contributed by atoms with Gasteiger partial charge in [0.2, 0.25) is 11.8 Å². The molecule has 152 valence electrons. The number of aryl methyl sites for hydroxylation is 2. The quantitative estimate of drug-likeness (QED) is 0.732. The number of amides is 4. The van der Waals surface area contributed by atoms with E-state index in [1.807, 2.05) is 32.0 Å². The lowest BCUT2D eigenvalue weighted by molar-refractivity contribution is -0.138. The highest BCUT2D eigenvalue weighted by Gasteiger charge is 2.45. The largest absolute Gasteiger partial charge is 0.334 e. The summed E-state index contributed by atoms with van der Waals surface area (Å²) in [4.78, 5) is 39.2. The zero-order valence-electron chi connectivity index (χ0n) is 17.1. The fourth-order valence-corrected chi connectivity index (χ4v) is 4.20. The van der Waals surface area contributed by atoms with Crippen LogP contribution in [0.25, 0.3) is 0 Å². The molecule has 6 heteroatoms. The number of unbranched alkanes of at least 4 members (excludes halogenated alkanes) is 2. The number of nitrogens with one attached hydrogen (secondary N) is 2. The first-order valence-electron chi connectivity index (χ1n) is 10.4. The lowest BCUT2D eigenvalue weighted by atomic mass is 9.76. The molecule has 1 saturated heterocycles. The first-order valence-corrected chi connectivity index (χ1v) is 10.4. The van der Waals surface area contributed by atoms with Gasteiger partial charge in [0.15, 0.2) is 0 Å². The van der Waals surface area contributed by atoms with E-state index in [0.717, 1.165) is 30.5 Å². The first-order chi connectivity index (χ1) is 13.4. The molecule has 3 unspecified atom stereocenters. The van der Waals surface area contributed by atoms with Crippen molar-refractivity contribution in [1.82, 2.24) is 10.2 Å². The minimum atomic E-state index is -0.308. The van der Waals surface area contributed by atoms with Crippen LogP contribution in [0.1, 0.15) is 56.6 Å². The summed E-state index contributed by atoms with van der Waals surface area (Å²) >= 11 is 0. The topological polar surface area (TPSA) is 78.5 Å². The molecule has 1 aromatic carbocycles. The van der Waals surface area contributed by atoms with Gasteiger partial charge in [-0.1, -0.05) is 25.8 Å². The van der Waals surface area contributed by atoms with Crippen molar-refractivity contribution in [1.29, 1.82) is 0 Å². The van der Waals surface area contributed by atoms with Crippen LogP contribution in [0.3, 0.4) is 0 Å². The van der Waals surface area contributed by atoms with Gasteiger partial charge in [-0.05, 0) is 62.8 Å². The number of hydrogen-bond donors (Lipinski definition) is 2. The summed E-state index contributed by atoms with van der Waals surface area (Å²) in [6.07, 6.45) is 4.72. The number of benzene rings is 1. The third-order valence-electron chi connectivity index (χ3n) is 6.12. The SMILES string of the molecule is CCCCCN1C(=O)NC2CC(C(=O)Nc3ccc(C)c(C)c3)CCC2C1=O. The molecule has 0 spiro atoms. The number of rotatable bonds is 6. The fourth-order valence-electron chi connectivity index (χ4n) is 4.20. The molecule has 2 fully saturated rings. The van der Waals surface area contributed by atoms with Crippen LogP contribution in [0.2, 0.25) is 0 Å². The van der Waals surface area contributed by atoms with E-state index in [2.05, 4.69) is 17.6 Å². The molecule has 0 aromatic heterocycles. The fraction of sp³-hybridized carbons (Fsp3) is 0.591. The van der Waals surface area contributed by atoms with Gasteiger partial charge in [0.1, 0.15) is 0 Å². The second kappa shape index (κ2) is 8.76. The van der Waals surface area contributed by atoms with Crippen LogP contribution in [0.5, 0.6) is 0 Å². The number of carbonyl (C=O) groups excluding carboxylic acids is 3. The van der Waals surface area contributed by atoms with Crippen molar-refractivity contribution in [2.45, 2.75) is 65.3 Å². The van der Waals surface area contributed by atoms with E-state index in [9.17, 15) is 14.4 Å². The minimum Gasteiger partial charge on any atom is -0.334 e. The summed E-state index contributed by atoms with van der Waals surface area (Å²) in [6, 6.07) is 5.32. The Kier molecular flexibility index (Phi) is 6.37. The molecular weight excluding hydrogens is 354 g/mol. The van der Waals surface area contributed by atoms with Gasteiger partial charge in [0.25, 0.3) is 0 Å². The van der Waals surface area contributed by atoms with Gasteiger partial charge in [-0.25, -0.2) is 4.79 Å². The van der Waals surface area contributed by atoms with Crippen molar-refractivity contribution in [2.24, 2.45) is 11.8 Å². The summed E-state index contributed by atoms with van der Waals surface area (Å²) in [6.45, 7) is 6.64. The molecule has 6 nitrogen and oxygen atoms in total. The van der Waals surface area contributed by atoms with E-state index in [1.165, 1.54) is 10.5 Å². The maximum Gasteiger partial charge on any atom is 0.324 e. The molecule has 4 amide bonds. The third-order valence-corrected chi connectivity index (χ3v) is 6.12. The van der Waals surface area contributed by atoms with Crippen LogP contribution in [-0.4, -0.2) is 35.3 Å². The van der Waals surface area contributed by atoms with Crippen molar-refractivity contribution >= 4 is 23.5 Å². The molecule has 1 aliphatic carbocycles. The first kappa shape index (κ1) is 20.4. The number of anilines is 1. The highest BCUT2D eigenvalue weighted by Crippen LogP contribution is 2.34. The van der Waals surface area contributed by atoms with Gasteiger partial charge in [0, 0.05) is 24.2 Å². The molecule has 1 aliphatic heterocycles. The van der Waals surface area contributed by atoms with Crippen LogP contribution < -0.4 is 10.6 Å². The Balaban J connectivity index is 1.60. The van der Waals surface area contributed by atoms with Gasteiger partial charge >= 0.3 is 6.03 Å². The van der Waals surface area contributed by atoms with E-state index in [-0.39, 0.29) is 35.7 Å². The maximum atomic E-state index is 12.8. The Morgan fingerprint density at radius 1 is 1.18 bits per heavy atom. The zero-order chi connectivity index (χ0) is 20.3. The van der Waals surface area contributed by atoms with Gasteiger partial charge < -0.3 is 10.6 Å². The third kappa shape index (κ3) is 4.37. The minimum absolute atomic E-state index is 0.0335. The highest BCUT2D eigenvalue weighted by atomic mass is 16.2. The molecule has 1 heterocycles. The molecule has 3 rings (SSSR count). The molecule has 2 N–H and O–H groups in total. The van der Waals surface area contributed by atoms with Crippen molar-refractivity contribution in [3.8, 4) is 0 Å². The van der Waals surface area contributed by atoms with Crippen molar-refractivity contribution < 1.29 is 14.4 Å². The van der Waals surface area contributed by atoms with Crippen molar-refractivity contribution in [2.75, 3.05) is 11.9 Å². The van der Waals surface area contributed by atoms with Crippen molar-refractivity contribution in [3.05, 3.63) is 29.3 Å². The van der Waals surface area contributed by atoms with Crippen LogP contribution in [0, 0.1) is 25.7 Å². The molecule has 2 aliphatic rings. The van der Waals surface area contributed by atoms with Crippen LogP contribution in [-0.2, 0) is 9.59 Å². The molecule has 0 radical (unpaired) electrons. The number of imide groups is 1. The van der Waals surface area contributed by atoms with Crippen LogP contribution in [0.15, 0.2) is 18.2 Å². The summed E-state index contributed by atoms with van der Waals surface area (Å²) in [5, 5.41) is 5.97. The normalized spacial score (nSPS) is 24.5. The van der Waals surface area contributed by atoms with E-state index in [4.69, 9.17) is 0 Å². The van der Waals surface area contributed by atoms with E-state index < -0.39 is 0 Å². The lowest BCUT2D eigenvalue weighted by Crippen LogP contribution is -2.62. The molecular formula is C22H31N3O3. The van der Waals surface area contributed by atoms with Gasteiger partial charge in [-0.15, -0.1) is 0 Å². The van der Waals surface area contributed by atoms with Gasteiger partial charge in [0.05, 0.1) is 5.92 Å². The molecule has 0 bridgehead atoms. The maximum absolute atomic E-state index is 12.8. The predicted molar refractivity (Wildman–Crippen MR) is 109 cm³/mol. The predicted octanol–water partition coefficient (Wildman–Crippen LogP) is 3.77. The smallest absolute Gasteiger partial charge is 0.324 e. The monoisotopic (exact) mass is 385 g/mol. The summed E-state index contributed by atoms with van der Waals surface area (Å²) < 4.78 is 0. The summed E-state index contributed by atoms with van der Waals surface area (Å²) in [5.74, 6) is -0.501. The highest BCUT2D eigenvalue weighted by molar-refractivity contribution is 5.99. The van der Waals surface area contributed by atoms with Crippen LogP contribution >= 0.6 is 0 Å². The van der Waals surface area contributed by atoms with E-state index in [0.29, 0.717) is 25.8 Å². The second-order valence-corrected chi connectivity index (χ2v) is 8.16. The lowest BCUT2D eigenvalue weighted by Gasteiger charge is -2.42. The van der Waals surface area contributed by atoms with Gasteiger partial charge in [-0.2, -0.15) is 0 Å².